The van der Waals surface area contributed by atoms with Crippen LogP contribution in [0.25, 0.3) is 0 Å². The van der Waals surface area contributed by atoms with Crippen LogP contribution in [0.4, 0.5) is 0 Å². The van der Waals surface area contributed by atoms with E-state index in [4.69, 9.17) is 11.6 Å². The van der Waals surface area contributed by atoms with E-state index in [1.54, 1.807) is 0 Å². The molecule has 2 heteroatoms. The highest BCUT2D eigenvalue weighted by atomic mass is 35.5. The molecule has 1 aromatic rings. The van der Waals surface area contributed by atoms with Crippen molar-refractivity contribution < 1.29 is 4.79 Å². The Hall–Kier alpha value is -0.820. The number of hydrogen-bond acceptors (Lipinski definition) is 1. The highest BCUT2D eigenvalue weighted by Crippen LogP contribution is 2.31. The standard InChI is InChI=1S/C11H11ClO/c12-9-4-1-3-8(7-9)10-5-2-6-11(10)13/h1,3-4,7,10H,2,5-6H2/t10-/m0/s1. The summed E-state index contributed by atoms with van der Waals surface area (Å²) in [6, 6.07) is 7.63. The van der Waals surface area contributed by atoms with Crippen LogP contribution in [-0.4, -0.2) is 5.78 Å². The van der Waals surface area contributed by atoms with Gasteiger partial charge in [-0.2, -0.15) is 0 Å². The molecular formula is C11H11ClO. The summed E-state index contributed by atoms with van der Waals surface area (Å²) in [5, 5.41) is 0.720. The first kappa shape index (κ1) is 8.76. The Morgan fingerprint density at radius 1 is 1.38 bits per heavy atom. The maximum Gasteiger partial charge on any atom is 0.140 e. The fourth-order valence-electron chi connectivity index (χ4n) is 1.89. The second-order valence-corrected chi connectivity index (χ2v) is 3.90. The zero-order valence-corrected chi connectivity index (χ0v) is 8.05. The molecule has 13 heavy (non-hydrogen) atoms. The third-order valence-electron chi connectivity index (χ3n) is 2.56. The van der Waals surface area contributed by atoms with Gasteiger partial charge in [0, 0.05) is 17.4 Å². The summed E-state index contributed by atoms with van der Waals surface area (Å²) in [6.07, 6.45) is 2.74. The van der Waals surface area contributed by atoms with Gasteiger partial charge in [0.1, 0.15) is 5.78 Å². The highest BCUT2D eigenvalue weighted by Gasteiger charge is 2.25. The van der Waals surface area contributed by atoms with E-state index >= 15 is 0 Å². The summed E-state index contributed by atoms with van der Waals surface area (Å²) in [7, 11) is 0. The third-order valence-corrected chi connectivity index (χ3v) is 2.79. The molecule has 0 saturated heterocycles. The van der Waals surface area contributed by atoms with Gasteiger partial charge in [-0.05, 0) is 30.5 Å². The average molecular weight is 195 g/mol. The Labute approximate surface area is 82.7 Å². The molecule has 1 nitrogen and oxygen atoms in total. The van der Waals surface area contributed by atoms with Crippen molar-refractivity contribution >= 4 is 17.4 Å². The first-order valence-electron chi connectivity index (χ1n) is 4.55. The van der Waals surface area contributed by atoms with E-state index in [2.05, 4.69) is 0 Å². The Morgan fingerprint density at radius 3 is 2.85 bits per heavy atom. The van der Waals surface area contributed by atoms with Crippen LogP contribution in [0.2, 0.25) is 5.02 Å². The number of halogens is 1. The van der Waals surface area contributed by atoms with Crippen LogP contribution in [0.5, 0.6) is 0 Å². The molecule has 1 atom stereocenters. The quantitative estimate of drug-likeness (QED) is 0.671. The molecule has 0 aromatic heterocycles. The van der Waals surface area contributed by atoms with Crippen molar-refractivity contribution in [2.24, 2.45) is 0 Å². The number of hydrogen-bond donors (Lipinski definition) is 0. The van der Waals surface area contributed by atoms with E-state index in [-0.39, 0.29) is 5.92 Å². The molecule has 1 aromatic carbocycles. The van der Waals surface area contributed by atoms with Crippen LogP contribution in [-0.2, 0) is 4.79 Å². The van der Waals surface area contributed by atoms with E-state index in [0.717, 1.165) is 29.8 Å². The van der Waals surface area contributed by atoms with Crippen molar-refractivity contribution in [2.45, 2.75) is 25.2 Å². The predicted octanol–water partition coefficient (Wildman–Crippen LogP) is 3.18. The van der Waals surface area contributed by atoms with Crippen molar-refractivity contribution in [3.8, 4) is 0 Å². The highest BCUT2D eigenvalue weighted by molar-refractivity contribution is 6.30. The largest absolute Gasteiger partial charge is 0.299 e. The number of ketones is 1. The molecule has 1 aliphatic carbocycles. The van der Waals surface area contributed by atoms with Crippen molar-refractivity contribution in [3.05, 3.63) is 34.9 Å². The second-order valence-electron chi connectivity index (χ2n) is 3.47. The Kier molecular flexibility index (Phi) is 2.36. The number of Topliss-reactive ketones (excluding diaryl/α,β-unsaturated/α-hetero) is 1. The molecule has 0 unspecified atom stereocenters. The summed E-state index contributed by atoms with van der Waals surface area (Å²) >= 11 is 5.86. The Bertz CT molecular complexity index is 333. The molecule has 0 radical (unpaired) electrons. The number of carbonyl (C=O) groups excluding carboxylic acids is 1. The average Bonchev–Trinajstić information content (AvgIpc) is 2.51. The summed E-state index contributed by atoms with van der Waals surface area (Å²) < 4.78 is 0. The lowest BCUT2D eigenvalue weighted by Gasteiger charge is -2.07. The minimum atomic E-state index is 0.110. The number of benzene rings is 1. The van der Waals surface area contributed by atoms with Gasteiger partial charge >= 0.3 is 0 Å². The summed E-state index contributed by atoms with van der Waals surface area (Å²) in [6.45, 7) is 0. The van der Waals surface area contributed by atoms with Crippen LogP contribution in [0, 0.1) is 0 Å². The molecule has 2 rings (SSSR count). The minimum absolute atomic E-state index is 0.110. The summed E-state index contributed by atoms with van der Waals surface area (Å²) in [4.78, 5) is 11.4. The van der Waals surface area contributed by atoms with Crippen LogP contribution in [0.3, 0.4) is 0 Å². The van der Waals surface area contributed by atoms with E-state index in [0.29, 0.717) is 5.78 Å². The van der Waals surface area contributed by atoms with Gasteiger partial charge in [0.25, 0.3) is 0 Å². The van der Waals surface area contributed by atoms with E-state index in [9.17, 15) is 4.79 Å². The van der Waals surface area contributed by atoms with E-state index in [1.807, 2.05) is 24.3 Å². The van der Waals surface area contributed by atoms with Crippen molar-refractivity contribution in [1.82, 2.24) is 0 Å². The second kappa shape index (κ2) is 3.51. The van der Waals surface area contributed by atoms with E-state index in [1.165, 1.54) is 0 Å². The summed E-state index contributed by atoms with van der Waals surface area (Å²) in [5.41, 5.74) is 1.08. The first-order valence-corrected chi connectivity index (χ1v) is 4.93. The minimum Gasteiger partial charge on any atom is -0.299 e. The molecule has 1 fully saturated rings. The SMILES string of the molecule is O=C1CCC[C@H]1c1cccc(Cl)c1. The lowest BCUT2D eigenvalue weighted by atomic mass is 9.97. The number of carbonyl (C=O) groups is 1. The Morgan fingerprint density at radius 2 is 2.23 bits per heavy atom. The van der Waals surface area contributed by atoms with Gasteiger partial charge in [-0.3, -0.25) is 4.79 Å². The van der Waals surface area contributed by atoms with Gasteiger partial charge < -0.3 is 0 Å². The lowest BCUT2D eigenvalue weighted by molar-refractivity contribution is -0.118. The molecule has 0 spiro atoms. The smallest absolute Gasteiger partial charge is 0.140 e. The van der Waals surface area contributed by atoms with Crippen molar-refractivity contribution in [3.63, 3.8) is 0 Å². The third kappa shape index (κ3) is 1.75. The maximum atomic E-state index is 11.4. The van der Waals surface area contributed by atoms with Crippen LogP contribution < -0.4 is 0 Å². The first-order chi connectivity index (χ1) is 6.27. The maximum absolute atomic E-state index is 11.4. The number of rotatable bonds is 1. The van der Waals surface area contributed by atoms with Crippen molar-refractivity contribution in [1.29, 1.82) is 0 Å². The fraction of sp³-hybridized carbons (Fsp3) is 0.364. The van der Waals surface area contributed by atoms with Gasteiger partial charge in [-0.1, -0.05) is 23.7 Å². The predicted molar refractivity (Wildman–Crippen MR) is 53.1 cm³/mol. The van der Waals surface area contributed by atoms with Crippen LogP contribution >= 0.6 is 11.6 Å². The summed E-state index contributed by atoms with van der Waals surface area (Å²) in [5.74, 6) is 0.473. The lowest BCUT2D eigenvalue weighted by Crippen LogP contribution is -2.03. The molecular weight excluding hydrogens is 184 g/mol. The van der Waals surface area contributed by atoms with Gasteiger partial charge in [0.2, 0.25) is 0 Å². The zero-order chi connectivity index (χ0) is 9.26. The molecule has 0 amide bonds. The molecule has 0 aliphatic heterocycles. The monoisotopic (exact) mass is 194 g/mol. The molecule has 1 aliphatic rings. The molecule has 0 heterocycles. The van der Waals surface area contributed by atoms with Gasteiger partial charge in [-0.25, -0.2) is 0 Å². The topological polar surface area (TPSA) is 17.1 Å². The molecule has 0 bridgehead atoms. The van der Waals surface area contributed by atoms with Crippen LogP contribution in [0.1, 0.15) is 30.7 Å². The van der Waals surface area contributed by atoms with Gasteiger partial charge in [0.15, 0.2) is 0 Å². The molecule has 68 valence electrons. The fourth-order valence-corrected chi connectivity index (χ4v) is 2.09. The normalized spacial score (nSPS) is 22.2. The van der Waals surface area contributed by atoms with E-state index < -0.39 is 0 Å². The Balaban J connectivity index is 2.29. The molecule has 1 saturated carbocycles. The van der Waals surface area contributed by atoms with Crippen LogP contribution in [0.15, 0.2) is 24.3 Å². The molecule has 0 N–H and O–H groups in total. The van der Waals surface area contributed by atoms with Crippen molar-refractivity contribution in [2.75, 3.05) is 0 Å². The van der Waals surface area contributed by atoms with Gasteiger partial charge in [-0.15, -0.1) is 0 Å². The van der Waals surface area contributed by atoms with Gasteiger partial charge in [0.05, 0.1) is 0 Å². The zero-order valence-electron chi connectivity index (χ0n) is 7.29.